The van der Waals surface area contributed by atoms with Gasteiger partial charge in [0.1, 0.15) is 6.54 Å². The van der Waals surface area contributed by atoms with Crippen LogP contribution in [0.1, 0.15) is 30.5 Å². The number of para-hydroxylation sites is 1. The lowest BCUT2D eigenvalue weighted by molar-refractivity contribution is -0.387. The molecule has 0 spiro atoms. The average Bonchev–Trinajstić information content (AvgIpc) is 3.44. The Labute approximate surface area is 263 Å². The number of nitrogens with zero attached hydrogens (tertiary/aromatic N) is 5. The largest absolute Gasteiger partial charge is 0.399 e. The number of fused-ring (bicyclic) bond motifs is 1. The van der Waals surface area contributed by atoms with Crippen molar-refractivity contribution in [3.05, 3.63) is 93.5 Å². The number of hydrogen-bond acceptors (Lipinski definition) is 9. The summed E-state index contributed by atoms with van der Waals surface area (Å²) in [6.07, 6.45) is 0. The lowest BCUT2D eigenvalue weighted by Crippen LogP contribution is -2.50. The fraction of sp³-hybridized carbons (Fsp3) is 0.355. The molecule has 0 unspecified atom stereocenters. The summed E-state index contributed by atoms with van der Waals surface area (Å²) in [5.74, 6) is -0.788. The summed E-state index contributed by atoms with van der Waals surface area (Å²) in [7, 11) is -2.69. The van der Waals surface area contributed by atoms with Crippen LogP contribution >= 0.6 is 0 Å². The average molecular weight is 638 g/mol. The van der Waals surface area contributed by atoms with E-state index in [4.69, 9.17) is 5.73 Å². The first kappa shape index (κ1) is 33.4. The number of nitrogen functional groups attached to an aromatic ring is 1. The molecule has 1 heterocycles. The van der Waals surface area contributed by atoms with Crippen LogP contribution in [0.25, 0.3) is 0 Å². The third-order valence-corrected chi connectivity index (χ3v) is 9.92. The van der Waals surface area contributed by atoms with E-state index in [0.29, 0.717) is 24.5 Å². The molecular formula is C31H39N7O6S. The fourth-order valence-electron chi connectivity index (χ4n) is 5.18. The van der Waals surface area contributed by atoms with Gasteiger partial charge in [0, 0.05) is 56.7 Å². The first-order chi connectivity index (χ1) is 21.3. The third kappa shape index (κ3) is 7.77. The van der Waals surface area contributed by atoms with E-state index in [9.17, 15) is 28.1 Å². The van der Waals surface area contributed by atoms with Crippen molar-refractivity contribution in [2.75, 3.05) is 44.3 Å². The Morgan fingerprint density at radius 2 is 1.62 bits per heavy atom. The van der Waals surface area contributed by atoms with E-state index in [1.807, 2.05) is 42.3 Å². The molecule has 4 rings (SSSR count). The highest BCUT2D eigenvalue weighted by Gasteiger charge is 2.34. The highest BCUT2D eigenvalue weighted by Crippen LogP contribution is 2.28. The highest BCUT2D eigenvalue weighted by molar-refractivity contribution is 7.89. The molecule has 2 amide bonds. The van der Waals surface area contributed by atoms with Crippen LogP contribution in [0, 0.1) is 17.0 Å². The van der Waals surface area contributed by atoms with Crippen molar-refractivity contribution in [1.82, 2.24) is 19.2 Å². The Morgan fingerprint density at radius 1 is 1.00 bits per heavy atom. The van der Waals surface area contributed by atoms with E-state index < -0.39 is 37.5 Å². The molecule has 3 aromatic carbocycles. The molecule has 0 aliphatic carbocycles. The number of likely N-dealkylation sites (N-methyl/N-ethyl adjacent to an activating group) is 1. The monoisotopic (exact) mass is 637 g/mol. The fourth-order valence-corrected chi connectivity index (χ4v) is 6.97. The predicted molar refractivity (Wildman–Crippen MR) is 171 cm³/mol. The van der Waals surface area contributed by atoms with Crippen molar-refractivity contribution < 1.29 is 22.9 Å². The molecule has 0 atom stereocenters. The van der Waals surface area contributed by atoms with Crippen LogP contribution in [-0.4, -0.2) is 83.6 Å². The van der Waals surface area contributed by atoms with Gasteiger partial charge in [0.05, 0.1) is 11.5 Å². The van der Waals surface area contributed by atoms with E-state index in [0.717, 1.165) is 27.1 Å². The molecule has 0 radical (unpaired) electrons. The van der Waals surface area contributed by atoms with Gasteiger partial charge in [-0.2, -0.15) is 4.31 Å². The van der Waals surface area contributed by atoms with E-state index in [1.165, 1.54) is 28.1 Å². The summed E-state index contributed by atoms with van der Waals surface area (Å²) in [4.78, 5) is 38.9. The summed E-state index contributed by atoms with van der Waals surface area (Å²) >= 11 is 0. The number of benzene rings is 3. The second kappa shape index (κ2) is 14.1. The quantitative estimate of drug-likeness (QED) is 0.163. The van der Waals surface area contributed by atoms with Crippen LogP contribution in [-0.2, 0) is 32.7 Å². The van der Waals surface area contributed by atoms with Gasteiger partial charge in [-0.3, -0.25) is 24.7 Å². The van der Waals surface area contributed by atoms with Crippen molar-refractivity contribution in [3.8, 4) is 0 Å². The van der Waals surface area contributed by atoms with E-state index in [2.05, 4.69) is 5.32 Å². The van der Waals surface area contributed by atoms with Gasteiger partial charge >= 0.3 is 0 Å². The summed E-state index contributed by atoms with van der Waals surface area (Å²) in [6.45, 7) is 5.43. The minimum absolute atomic E-state index is 0.131. The van der Waals surface area contributed by atoms with Crippen LogP contribution in [0.2, 0.25) is 0 Å². The number of amides is 2. The zero-order valence-corrected chi connectivity index (χ0v) is 26.7. The number of nitro groups is 1. The number of carbonyl (C=O) groups is 2. The zero-order chi connectivity index (χ0) is 32.9. The molecule has 3 aromatic rings. The molecule has 45 heavy (non-hydrogen) atoms. The zero-order valence-electron chi connectivity index (χ0n) is 25.8. The minimum atomic E-state index is -4.33. The van der Waals surface area contributed by atoms with Crippen LogP contribution < -0.4 is 11.1 Å². The van der Waals surface area contributed by atoms with E-state index >= 15 is 0 Å². The lowest BCUT2D eigenvalue weighted by Gasteiger charge is -2.32. The van der Waals surface area contributed by atoms with Crippen LogP contribution in [0.5, 0.6) is 0 Å². The molecule has 0 fully saturated rings. The molecule has 0 saturated heterocycles. The Kier molecular flexibility index (Phi) is 10.4. The standard InChI is InChI=1S/C31H39N7O6S/c1-22(2)37(45(43,44)29-12-8-7-11-28(29)38(41)42)16-15-35(30(39)18-33-27-17-26(32)14-13-23(27)3)21-31(40)34(4)36-19-24-9-5-6-10-25(24)20-36/h5-14,17,22,33H,15-16,18-21,32H2,1-4H3. The Morgan fingerprint density at radius 3 is 2.24 bits per heavy atom. The van der Waals surface area contributed by atoms with Gasteiger partial charge in [0.15, 0.2) is 4.90 Å². The smallest absolute Gasteiger partial charge is 0.289 e. The summed E-state index contributed by atoms with van der Waals surface area (Å²) in [5, 5.41) is 18.1. The maximum Gasteiger partial charge on any atom is 0.289 e. The first-order valence-electron chi connectivity index (χ1n) is 14.5. The Hall–Kier alpha value is -4.53. The van der Waals surface area contributed by atoms with Gasteiger partial charge in [-0.1, -0.05) is 42.5 Å². The summed E-state index contributed by atoms with van der Waals surface area (Å²) in [6, 6.07) is 17.7. The molecule has 3 N–H and O–H groups in total. The van der Waals surface area contributed by atoms with Gasteiger partial charge in [-0.05, 0) is 55.7 Å². The van der Waals surface area contributed by atoms with E-state index in [1.54, 1.807) is 33.0 Å². The maximum absolute atomic E-state index is 13.7. The van der Waals surface area contributed by atoms with Gasteiger partial charge in [-0.25, -0.2) is 13.4 Å². The summed E-state index contributed by atoms with van der Waals surface area (Å²) < 4.78 is 28.5. The van der Waals surface area contributed by atoms with Crippen molar-refractivity contribution in [2.45, 2.75) is 44.8 Å². The van der Waals surface area contributed by atoms with Crippen LogP contribution in [0.15, 0.2) is 71.6 Å². The van der Waals surface area contributed by atoms with Gasteiger partial charge in [0.2, 0.25) is 15.9 Å². The molecule has 240 valence electrons. The Bertz CT molecular complexity index is 1660. The molecule has 14 heteroatoms. The van der Waals surface area contributed by atoms with E-state index in [-0.39, 0.29) is 32.1 Å². The van der Waals surface area contributed by atoms with Crippen molar-refractivity contribution in [2.24, 2.45) is 0 Å². The lowest BCUT2D eigenvalue weighted by atomic mass is 10.1. The number of nitro benzene ring substituents is 1. The molecule has 0 bridgehead atoms. The maximum atomic E-state index is 13.7. The van der Waals surface area contributed by atoms with Crippen molar-refractivity contribution >= 4 is 38.9 Å². The number of aryl methyl sites for hydroxylation is 1. The van der Waals surface area contributed by atoms with Gasteiger partial charge in [-0.15, -0.1) is 0 Å². The number of hydrogen-bond donors (Lipinski definition) is 2. The molecule has 1 aliphatic heterocycles. The van der Waals surface area contributed by atoms with Crippen LogP contribution in [0.4, 0.5) is 17.1 Å². The number of carbonyl (C=O) groups excluding carboxylic acids is 2. The first-order valence-corrected chi connectivity index (χ1v) is 15.9. The number of hydrazine groups is 1. The molecule has 0 aromatic heterocycles. The minimum Gasteiger partial charge on any atom is -0.399 e. The topological polar surface area (TPSA) is 162 Å². The second-order valence-electron chi connectivity index (χ2n) is 11.2. The molecule has 13 nitrogen and oxygen atoms in total. The van der Waals surface area contributed by atoms with Gasteiger partial charge < -0.3 is 16.0 Å². The number of nitrogens with two attached hydrogens (primary N) is 1. The summed E-state index contributed by atoms with van der Waals surface area (Å²) in [5.41, 5.74) is 9.64. The SMILES string of the molecule is Cc1ccc(N)cc1NCC(=O)N(CCN(C(C)C)S(=O)(=O)c1ccccc1[N+](=O)[O-])CC(=O)N(C)N1Cc2ccccc2C1. The molecular weight excluding hydrogens is 598 g/mol. The van der Waals surface area contributed by atoms with Crippen LogP contribution in [0.3, 0.4) is 0 Å². The number of rotatable bonds is 13. The number of sulfonamides is 1. The third-order valence-electron chi connectivity index (χ3n) is 7.79. The van der Waals surface area contributed by atoms with Gasteiger partial charge in [0.25, 0.3) is 11.6 Å². The predicted octanol–water partition coefficient (Wildman–Crippen LogP) is 3.21. The normalized spacial score (nSPS) is 13.1. The number of nitrogens with one attached hydrogen (secondary N) is 1. The highest BCUT2D eigenvalue weighted by atomic mass is 32.2. The number of anilines is 2. The molecule has 1 aliphatic rings. The molecule has 0 saturated carbocycles. The second-order valence-corrected chi connectivity index (χ2v) is 13.0. The van der Waals surface area contributed by atoms with Crippen molar-refractivity contribution in [3.63, 3.8) is 0 Å². The van der Waals surface area contributed by atoms with Crippen molar-refractivity contribution in [1.29, 1.82) is 0 Å². The Balaban J connectivity index is 1.55.